The zero-order chi connectivity index (χ0) is 22.1. The lowest BCUT2D eigenvalue weighted by Crippen LogP contribution is -2.36. The summed E-state index contributed by atoms with van der Waals surface area (Å²) in [6.07, 6.45) is 1.31. The molecule has 2 atom stereocenters. The van der Waals surface area contributed by atoms with Crippen molar-refractivity contribution in [3.8, 4) is 11.3 Å². The molecule has 1 aliphatic heterocycles. The van der Waals surface area contributed by atoms with Gasteiger partial charge in [-0.1, -0.05) is 42.5 Å². The van der Waals surface area contributed by atoms with E-state index < -0.39 is 0 Å². The van der Waals surface area contributed by atoms with Crippen molar-refractivity contribution in [1.82, 2.24) is 15.2 Å². The van der Waals surface area contributed by atoms with Crippen molar-refractivity contribution in [3.05, 3.63) is 83.7 Å². The monoisotopic (exact) mass is 430 g/mol. The topological polar surface area (TPSA) is 71.2 Å². The Morgan fingerprint density at radius 3 is 2.38 bits per heavy atom. The van der Waals surface area contributed by atoms with Crippen LogP contribution in [0.3, 0.4) is 0 Å². The number of carbonyl (C=O) groups is 1. The van der Waals surface area contributed by atoms with Crippen LogP contribution < -0.4 is 11.1 Å². The van der Waals surface area contributed by atoms with E-state index in [1.165, 1.54) is 17.7 Å². The number of carbonyl (C=O) groups excluding carboxylic acids is 1. The maximum absolute atomic E-state index is 13.0. The third kappa shape index (κ3) is 4.65. The Morgan fingerprint density at radius 1 is 1.00 bits per heavy atom. The molecular weight excluding hydrogens is 403 g/mol. The van der Waals surface area contributed by atoms with Crippen LogP contribution in [0.15, 0.2) is 66.7 Å². The molecule has 1 aliphatic carbocycles. The number of pyridine rings is 1. The molecule has 2 heterocycles. The van der Waals surface area contributed by atoms with Gasteiger partial charge in [0.1, 0.15) is 11.6 Å². The van der Waals surface area contributed by atoms with Crippen LogP contribution >= 0.6 is 0 Å². The van der Waals surface area contributed by atoms with Crippen LogP contribution in [0.4, 0.5) is 10.2 Å². The molecule has 1 amide bonds. The Morgan fingerprint density at radius 2 is 1.69 bits per heavy atom. The Hall–Kier alpha value is -3.25. The summed E-state index contributed by atoms with van der Waals surface area (Å²) in [7, 11) is 0. The number of nitrogens with zero attached hydrogens (tertiary/aromatic N) is 2. The third-order valence-electron chi connectivity index (χ3n) is 6.61. The molecule has 2 unspecified atom stereocenters. The van der Waals surface area contributed by atoms with Gasteiger partial charge in [-0.3, -0.25) is 4.79 Å². The fourth-order valence-corrected chi connectivity index (χ4v) is 4.78. The first-order valence-electron chi connectivity index (χ1n) is 11.1. The average molecular weight is 431 g/mol. The highest BCUT2D eigenvalue weighted by atomic mass is 19.1. The predicted molar refractivity (Wildman–Crippen MR) is 123 cm³/mol. The van der Waals surface area contributed by atoms with E-state index in [0.29, 0.717) is 30.1 Å². The minimum Gasteiger partial charge on any atom is -0.384 e. The molecule has 5 nitrogen and oxygen atoms in total. The number of nitrogens with one attached hydrogen (secondary N) is 1. The lowest BCUT2D eigenvalue weighted by Gasteiger charge is -2.20. The van der Waals surface area contributed by atoms with Crippen molar-refractivity contribution < 1.29 is 9.18 Å². The van der Waals surface area contributed by atoms with Gasteiger partial charge in [0.05, 0.1) is 12.1 Å². The number of benzene rings is 2. The summed E-state index contributed by atoms with van der Waals surface area (Å²) in [5, 5.41) is 3.16. The summed E-state index contributed by atoms with van der Waals surface area (Å²) in [6, 6.07) is 20.6. The smallest absolute Gasteiger partial charge is 0.224 e. The Balaban J connectivity index is 1.05. The number of piperidine rings is 1. The highest BCUT2D eigenvalue weighted by Crippen LogP contribution is 2.45. The lowest BCUT2D eigenvalue weighted by atomic mass is 10.1. The Bertz CT molecular complexity index is 1090. The molecule has 32 heavy (non-hydrogen) atoms. The van der Waals surface area contributed by atoms with Crippen LogP contribution in [0.5, 0.6) is 0 Å². The number of likely N-dealkylation sites (tertiary alicyclic amines) is 1. The van der Waals surface area contributed by atoms with Crippen LogP contribution in [0.25, 0.3) is 11.3 Å². The van der Waals surface area contributed by atoms with E-state index in [-0.39, 0.29) is 11.7 Å². The second kappa shape index (κ2) is 8.71. The van der Waals surface area contributed by atoms with Crippen molar-refractivity contribution in [2.45, 2.75) is 18.9 Å². The van der Waals surface area contributed by atoms with E-state index in [4.69, 9.17) is 5.73 Å². The van der Waals surface area contributed by atoms with E-state index in [0.717, 1.165) is 42.9 Å². The zero-order valence-corrected chi connectivity index (χ0v) is 17.9. The number of fused-ring (bicyclic) bond motifs is 1. The number of rotatable bonds is 7. The van der Waals surface area contributed by atoms with Gasteiger partial charge in [0.25, 0.3) is 0 Å². The van der Waals surface area contributed by atoms with Gasteiger partial charge in [0.15, 0.2) is 0 Å². The molecule has 3 aromatic rings. The van der Waals surface area contributed by atoms with Crippen molar-refractivity contribution in [2.24, 2.45) is 11.8 Å². The second-order valence-corrected chi connectivity index (χ2v) is 8.88. The van der Waals surface area contributed by atoms with Crippen molar-refractivity contribution in [2.75, 3.05) is 25.4 Å². The maximum atomic E-state index is 13.0. The third-order valence-corrected chi connectivity index (χ3v) is 6.61. The van der Waals surface area contributed by atoms with Crippen LogP contribution in [0.2, 0.25) is 0 Å². The van der Waals surface area contributed by atoms with E-state index in [1.807, 2.05) is 12.1 Å². The van der Waals surface area contributed by atoms with E-state index in [2.05, 4.69) is 39.5 Å². The van der Waals surface area contributed by atoms with Gasteiger partial charge >= 0.3 is 0 Å². The molecule has 6 heteroatoms. The highest BCUT2D eigenvalue weighted by molar-refractivity contribution is 5.79. The van der Waals surface area contributed by atoms with Gasteiger partial charge in [0.2, 0.25) is 5.91 Å². The normalized spacial score (nSPS) is 21.8. The van der Waals surface area contributed by atoms with E-state index >= 15 is 0 Å². The van der Waals surface area contributed by atoms with E-state index in [1.54, 1.807) is 18.2 Å². The first kappa shape index (κ1) is 20.6. The largest absolute Gasteiger partial charge is 0.384 e. The molecule has 2 fully saturated rings. The molecule has 3 N–H and O–H groups in total. The van der Waals surface area contributed by atoms with Crippen LogP contribution in [0.1, 0.15) is 11.1 Å². The number of hydrogen-bond acceptors (Lipinski definition) is 4. The fraction of sp³-hybridized carbons (Fsp3) is 0.308. The summed E-state index contributed by atoms with van der Waals surface area (Å²) < 4.78 is 13.0. The van der Waals surface area contributed by atoms with Gasteiger partial charge in [-0.05, 0) is 53.6 Å². The summed E-state index contributed by atoms with van der Waals surface area (Å²) in [6.45, 7) is 3.11. The van der Waals surface area contributed by atoms with Gasteiger partial charge in [-0.15, -0.1) is 0 Å². The number of aromatic nitrogens is 1. The molecule has 0 spiro atoms. The van der Waals surface area contributed by atoms with Gasteiger partial charge in [-0.25, -0.2) is 9.37 Å². The number of hydrogen-bond donors (Lipinski definition) is 2. The van der Waals surface area contributed by atoms with Crippen LogP contribution in [0, 0.1) is 17.7 Å². The van der Waals surface area contributed by atoms with Crippen molar-refractivity contribution in [3.63, 3.8) is 0 Å². The predicted octanol–water partition coefficient (Wildman–Crippen LogP) is 3.30. The summed E-state index contributed by atoms with van der Waals surface area (Å²) >= 11 is 0. The molecule has 2 aliphatic rings. The number of halogens is 1. The van der Waals surface area contributed by atoms with Crippen LogP contribution in [-0.2, 0) is 17.6 Å². The summed E-state index contributed by atoms with van der Waals surface area (Å²) in [4.78, 5) is 19.2. The lowest BCUT2D eigenvalue weighted by molar-refractivity contribution is -0.120. The van der Waals surface area contributed by atoms with E-state index in [9.17, 15) is 9.18 Å². The number of nitrogens with two attached hydrogens (primary N) is 1. The molecule has 0 radical (unpaired) electrons. The molecule has 0 bridgehead atoms. The van der Waals surface area contributed by atoms with Crippen LogP contribution in [-0.4, -0.2) is 41.5 Å². The molecule has 1 saturated carbocycles. The number of amides is 1. The van der Waals surface area contributed by atoms with Crippen molar-refractivity contribution in [1.29, 1.82) is 0 Å². The molecule has 1 saturated heterocycles. The minimum atomic E-state index is -0.277. The molecule has 2 aromatic carbocycles. The van der Waals surface area contributed by atoms with Gasteiger partial charge in [0, 0.05) is 31.2 Å². The summed E-state index contributed by atoms with van der Waals surface area (Å²) in [5.74, 6) is 1.40. The quantitative estimate of drug-likeness (QED) is 0.603. The molecule has 164 valence electrons. The SMILES string of the molecule is Nc1cccc(-c2ccc(CCN3CC4C(C3)C4NC(=O)Cc3ccc(F)cc3)cc2)n1. The van der Waals surface area contributed by atoms with Gasteiger partial charge < -0.3 is 16.0 Å². The fourth-order valence-electron chi connectivity index (χ4n) is 4.78. The summed E-state index contributed by atoms with van der Waals surface area (Å²) in [5.41, 5.74) is 9.90. The first-order valence-corrected chi connectivity index (χ1v) is 11.1. The maximum Gasteiger partial charge on any atom is 0.224 e. The number of nitrogen functional groups attached to an aromatic ring is 1. The van der Waals surface area contributed by atoms with Gasteiger partial charge in [-0.2, -0.15) is 0 Å². The minimum absolute atomic E-state index is 0.0253. The first-order chi connectivity index (χ1) is 15.5. The Kier molecular flexibility index (Phi) is 5.62. The average Bonchev–Trinajstić information content (AvgIpc) is 3.22. The zero-order valence-electron chi connectivity index (χ0n) is 17.9. The second-order valence-electron chi connectivity index (χ2n) is 8.88. The molecular formula is C26H27FN4O. The number of anilines is 1. The Labute approximate surface area is 187 Å². The molecule has 5 rings (SSSR count). The van der Waals surface area contributed by atoms with Crippen molar-refractivity contribution >= 4 is 11.7 Å². The standard InChI is InChI=1S/C26H27FN4O/c27-20-10-6-18(7-11-20)14-25(32)30-26-21-15-31(16-22(21)26)13-12-17-4-8-19(9-5-17)23-2-1-3-24(28)29-23/h1-11,21-22,26H,12-16H2,(H2,28,29)(H,30,32). The highest BCUT2D eigenvalue weighted by Gasteiger charge is 2.56. The molecule has 1 aromatic heterocycles.